The second-order valence-electron chi connectivity index (χ2n) is 7.54. The van der Waals surface area contributed by atoms with E-state index < -0.39 is 0 Å². The first-order valence-corrected chi connectivity index (χ1v) is 10.0. The molecule has 1 aliphatic rings. The molecule has 0 saturated carbocycles. The van der Waals surface area contributed by atoms with Gasteiger partial charge in [-0.1, -0.05) is 32.0 Å². The molecule has 0 aromatic heterocycles. The van der Waals surface area contributed by atoms with E-state index in [1.807, 2.05) is 53.5 Å². The number of hydrogen-bond acceptors (Lipinski definition) is 5. The van der Waals surface area contributed by atoms with Crippen LogP contribution in [0.2, 0.25) is 0 Å². The Kier molecular flexibility index (Phi) is 7.11. The third kappa shape index (κ3) is 5.73. The van der Waals surface area contributed by atoms with E-state index >= 15 is 0 Å². The van der Waals surface area contributed by atoms with Gasteiger partial charge in [-0.05, 0) is 54.7 Å². The predicted octanol–water partition coefficient (Wildman–Crippen LogP) is 4.17. The highest BCUT2D eigenvalue weighted by atomic mass is 16.5. The number of carbonyl (C=O) groups excluding carboxylic acids is 1. The van der Waals surface area contributed by atoms with Gasteiger partial charge in [-0.2, -0.15) is 5.10 Å². The number of ether oxygens (including phenoxy) is 2. The minimum absolute atomic E-state index is 0.0264. The number of benzene rings is 2. The second kappa shape index (κ2) is 9.96. The maximum absolute atomic E-state index is 12.7. The lowest BCUT2D eigenvalue weighted by Crippen LogP contribution is -2.36. The monoisotopic (exact) mass is 395 g/mol. The Labute approximate surface area is 172 Å². The molecule has 6 nitrogen and oxygen atoms in total. The summed E-state index contributed by atoms with van der Waals surface area (Å²) >= 11 is 0. The summed E-state index contributed by atoms with van der Waals surface area (Å²) in [4.78, 5) is 12.7. The molecule has 1 unspecified atom stereocenters. The van der Waals surface area contributed by atoms with Crippen LogP contribution in [0.15, 0.2) is 53.6 Å². The fourth-order valence-corrected chi connectivity index (χ4v) is 3.19. The summed E-state index contributed by atoms with van der Waals surface area (Å²) in [6, 6.07) is 15.0. The largest absolute Gasteiger partial charge is 0.493 e. The van der Waals surface area contributed by atoms with E-state index in [0.29, 0.717) is 24.0 Å². The summed E-state index contributed by atoms with van der Waals surface area (Å²) in [5, 5.41) is 9.41. The SMILES string of the molecule is COc1ccc(/C=N/N2CCCC2C(=O)Nc2ccccc2)cc1OCC(C)C. The van der Waals surface area contributed by atoms with Crippen LogP contribution in [0, 0.1) is 5.92 Å². The standard InChI is InChI=1S/C23H29N3O3/c1-17(2)16-29-22-14-18(11-12-21(22)28-3)15-24-26-13-7-10-20(26)23(27)25-19-8-5-4-6-9-19/h4-6,8-9,11-12,14-15,17,20H,7,10,13,16H2,1-3H3,(H,25,27)/b24-15+. The Hall–Kier alpha value is -3.02. The van der Waals surface area contributed by atoms with Crippen LogP contribution in [0.25, 0.3) is 0 Å². The number of anilines is 1. The molecule has 0 radical (unpaired) electrons. The quantitative estimate of drug-likeness (QED) is 0.682. The highest BCUT2D eigenvalue weighted by Gasteiger charge is 2.29. The van der Waals surface area contributed by atoms with Crippen molar-refractivity contribution in [2.24, 2.45) is 11.0 Å². The first-order valence-electron chi connectivity index (χ1n) is 10.0. The highest BCUT2D eigenvalue weighted by Crippen LogP contribution is 2.28. The molecule has 1 heterocycles. The fraction of sp³-hybridized carbons (Fsp3) is 0.391. The fourth-order valence-electron chi connectivity index (χ4n) is 3.19. The van der Waals surface area contributed by atoms with Gasteiger partial charge in [-0.3, -0.25) is 9.80 Å². The van der Waals surface area contributed by atoms with Crippen LogP contribution in [0.4, 0.5) is 5.69 Å². The van der Waals surface area contributed by atoms with Gasteiger partial charge in [-0.15, -0.1) is 0 Å². The topological polar surface area (TPSA) is 63.2 Å². The molecule has 1 N–H and O–H groups in total. The van der Waals surface area contributed by atoms with Crippen molar-refractivity contribution < 1.29 is 14.3 Å². The number of para-hydroxylation sites is 1. The van der Waals surface area contributed by atoms with Crippen LogP contribution in [-0.4, -0.2) is 43.4 Å². The van der Waals surface area contributed by atoms with Gasteiger partial charge in [0.2, 0.25) is 5.91 Å². The molecule has 0 spiro atoms. The summed E-state index contributed by atoms with van der Waals surface area (Å²) < 4.78 is 11.2. The highest BCUT2D eigenvalue weighted by molar-refractivity contribution is 5.95. The van der Waals surface area contributed by atoms with Gasteiger partial charge in [0.25, 0.3) is 0 Å². The van der Waals surface area contributed by atoms with E-state index in [9.17, 15) is 4.79 Å². The first-order chi connectivity index (χ1) is 14.1. The average Bonchev–Trinajstić information content (AvgIpc) is 3.20. The van der Waals surface area contributed by atoms with Crippen LogP contribution in [0.1, 0.15) is 32.3 Å². The van der Waals surface area contributed by atoms with E-state index in [2.05, 4.69) is 24.3 Å². The summed E-state index contributed by atoms with van der Waals surface area (Å²) in [6.07, 6.45) is 3.51. The van der Waals surface area contributed by atoms with Gasteiger partial charge in [0, 0.05) is 12.2 Å². The molecule has 1 atom stereocenters. The predicted molar refractivity (Wildman–Crippen MR) is 116 cm³/mol. The Morgan fingerprint density at radius 2 is 2.03 bits per heavy atom. The number of methoxy groups -OCH3 is 1. The van der Waals surface area contributed by atoms with Crippen molar-refractivity contribution in [1.82, 2.24) is 5.01 Å². The molecule has 6 heteroatoms. The molecule has 0 bridgehead atoms. The van der Waals surface area contributed by atoms with Gasteiger partial charge >= 0.3 is 0 Å². The van der Waals surface area contributed by atoms with E-state index in [1.165, 1.54) is 0 Å². The molecule has 29 heavy (non-hydrogen) atoms. The van der Waals surface area contributed by atoms with Gasteiger partial charge in [0.1, 0.15) is 6.04 Å². The molecule has 1 aliphatic heterocycles. The number of hydrogen-bond donors (Lipinski definition) is 1. The van der Waals surface area contributed by atoms with E-state index in [-0.39, 0.29) is 11.9 Å². The van der Waals surface area contributed by atoms with Crippen molar-refractivity contribution in [1.29, 1.82) is 0 Å². The maximum atomic E-state index is 12.7. The lowest BCUT2D eigenvalue weighted by molar-refractivity contribution is -0.120. The minimum atomic E-state index is -0.263. The molecule has 3 rings (SSSR count). The van der Waals surface area contributed by atoms with E-state index in [1.54, 1.807) is 13.3 Å². The first kappa shape index (κ1) is 20.7. The molecule has 1 saturated heterocycles. The zero-order chi connectivity index (χ0) is 20.6. The molecule has 154 valence electrons. The van der Waals surface area contributed by atoms with Crippen molar-refractivity contribution in [2.75, 3.05) is 25.6 Å². The number of carbonyl (C=O) groups is 1. The van der Waals surface area contributed by atoms with E-state index in [4.69, 9.17) is 9.47 Å². The molecule has 1 amide bonds. The van der Waals surface area contributed by atoms with Crippen molar-refractivity contribution in [3.05, 3.63) is 54.1 Å². The van der Waals surface area contributed by atoms with Crippen LogP contribution in [0.5, 0.6) is 11.5 Å². The van der Waals surface area contributed by atoms with E-state index in [0.717, 1.165) is 30.6 Å². The maximum Gasteiger partial charge on any atom is 0.248 e. The van der Waals surface area contributed by atoms with Crippen molar-refractivity contribution in [3.63, 3.8) is 0 Å². The third-order valence-electron chi connectivity index (χ3n) is 4.68. The molecule has 0 aliphatic carbocycles. The summed E-state index contributed by atoms with van der Waals surface area (Å²) in [7, 11) is 1.63. The smallest absolute Gasteiger partial charge is 0.248 e. The Bertz CT molecular complexity index is 837. The summed E-state index contributed by atoms with van der Waals surface area (Å²) in [6.45, 7) is 5.58. The average molecular weight is 396 g/mol. The van der Waals surface area contributed by atoms with Crippen LogP contribution < -0.4 is 14.8 Å². The Morgan fingerprint density at radius 1 is 1.24 bits per heavy atom. The third-order valence-corrected chi connectivity index (χ3v) is 4.68. The normalized spacial score (nSPS) is 16.4. The van der Waals surface area contributed by atoms with Crippen molar-refractivity contribution in [3.8, 4) is 11.5 Å². The zero-order valence-electron chi connectivity index (χ0n) is 17.3. The zero-order valence-corrected chi connectivity index (χ0v) is 17.3. The van der Waals surface area contributed by atoms with Crippen molar-refractivity contribution in [2.45, 2.75) is 32.7 Å². The van der Waals surface area contributed by atoms with Gasteiger partial charge < -0.3 is 14.8 Å². The van der Waals surface area contributed by atoms with Crippen LogP contribution >= 0.6 is 0 Å². The summed E-state index contributed by atoms with van der Waals surface area (Å²) in [5.74, 6) is 1.79. The van der Waals surface area contributed by atoms with Gasteiger partial charge in [0.05, 0.1) is 19.9 Å². The molecule has 2 aromatic rings. The van der Waals surface area contributed by atoms with Crippen molar-refractivity contribution >= 4 is 17.8 Å². The number of hydrazone groups is 1. The lowest BCUT2D eigenvalue weighted by Gasteiger charge is -2.20. The molecular formula is C23H29N3O3. The molecular weight excluding hydrogens is 366 g/mol. The lowest BCUT2D eigenvalue weighted by atomic mass is 10.2. The van der Waals surface area contributed by atoms with Crippen LogP contribution in [0.3, 0.4) is 0 Å². The number of nitrogens with one attached hydrogen (secondary N) is 1. The Balaban J connectivity index is 1.67. The minimum Gasteiger partial charge on any atom is -0.493 e. The molecule has 1 fully saturated rings. The Morgan fingerprint density at radius 3 is 2.76 bits per heavy atom. The second-order valence-corrected chi connectivity index (χ2v) is 7.54. The molecule has 2 aromatic carbocycles. The number of amides is 1. The van der Waals surface area contributed by atoms with Gasteiger partial charge in [-0.25, -0.2) is 0 Å². The summed E-state index contributed by atoms with van der Waals surface area (Å²) in [5.41, 5.74) is 1.70. The number of nitrogens with zero attached hydrogens (tertiary/aromatic N) is 2. The van der Waals surface area contributed by atoms with Crippen LogP contribution in [-0.2, 0) is 4.79 Å². The number of rotatable bonds is 8. The van der Waals surface area contributed by atoms with Gasteiger partial charge in [0.15, 0.2) is 11.5 Å².